The molecule has 25 heavy (non-hydrogen) atoms. The summed E-state index contributed by atoms with van der Waals surface area (Å²) in [6, 6.07) is 12.4. The summed E-state index contributed by atoms with van der Waals surface area (Å²) in [5.41, 5.74) is 1.69. The number of amidine groups is 1. The fraction of sp³-hybridized carbons (Fsp3) is 0.118. The molecular weight excluding hydrogens is 401 g/mol. The van der Waals surface area contributed by atoms with Gasteiger partial charge >= 0.3 is 0 Å². The zero-order chi connectivity index (χ0) is 17.8. The molecule has 1 aliphatic heterocycles. The molecule has 1 fully saturated rings. The van der Waals surface area contributed by atoms with Crippen LogP contribution in [0, 0.1) is 0 Å². The lowest BCUT2D eigenvalue weighted by molar-refractivity contribution is -0.118. The lowest BCUT2D eigenvalue weighted by atomic mass is 10.1. The lowest BCUT2D eigenvalue weighted by Gasteiger charge is -2.07. The number of hydrogen-bond acceptors (Lipinski definition) is 4. The van der Waals surface area contributed by atoms with E-state index in [2.05, 4.69) is 15.5 Å². The lowest BCUT2D eigenvalue weighted by Crippen LogP contribution is -2.26. The van der Waals surface area contributed by atoms with Crippen LogP contribution in [-0.4, -0.2) is 22.5 Å². The normalized spacial score (nSPS) is 18.9. The van der Waals surface area contributed by atoms with Crippen molar-refractivity contribution < 1.29 is 4.79 Å². The van der Waals surface area contributed by atoms with Crippen LogP contribution in [0.2, 0.25) is 15.1 Å². The van der Waals surface area contributed by atoms with E-state index in [0.717, 1.165) is 11.1 Å². The summed E-state index contributed by atoms with van der Waals surface area (Å²) in [5.74, 6) is -0.124. The molecule has 0 aromatic heterocycles. The standard InChI is InChI=1S/C17H12Cl3N3OS/c18-12-3-1-10(2-4-12)9-21-23-17-22-16(24)15(25-17)8-11-7-13(19)5-6-14(11)20/h1-7,9,15H,8H2,(H,22,23,24)/b21-9+. The zero-order valence-corrected chi connectivity index (χ0v) is 15.8. The van der Waals surface area contributed by atoms with Crippen LogP contribution in [0.1, 0.15) is 11.1 Å². The first-order valence-corrected chi connectivity index (χ1v) is 9.30. The Balaban J connectivity index is 1.65. The summed E-state index contributed by atoms with van der Waals surface area (Å²) >= 11 is 19.3. The van der Waals surface area contributed by atoms with Gasteiger partial charge in [-0.2, -0.15) is 5.10 Å². The number of hydrogen-bond donors (Lipinski definition) is 1. The number of nitrogens with zero attached hydrogens (tertiary/aromatic N) is 2. The number of amides is 1. The summed E-state index contributed by atoms with van der Waals surface area (Å²) in [4.78, 5) is 12.1. The van der Waals surface area contributed by atoms with E-state index in [1.54, 1.807) is 36.5 Å². The van der Waals surface area contributed by atoms with E-state index < -0.39 is 0 Å². The maximum atomic E-state index is 12.1. The van der Waals surface area contributed by atoms with E-state index in [4.69, 9.17) is 34.8 Å². The molecule has 1 aliphatic rings. The van der Waals surface area contributed by atoms with Crippen LogP contribution in [0.5, 0.6) is 0 Å². The molecule has 0 aliphatic carbocycles. The fourth-order valence-electron chi connectivity index (χ4n) is 2.18. The van der Waals surface area contributed by atoms with Crippen LogP contribution < -0.4 is 5.32 Å². The van der Waals surface area contributed by atoms with Crippen molar-refractivity contribution in [3.05, 3.63) is 68.7 Å². The summed E-state index contributed by atoms with van der Waals surface area (Å²) < 4.78 is 0. The maximum Gasteiger partial charge on any atom is 0.239 e. The molecule has 4 nitrogen and oxygen atoms in total. The highest BCUT2D eigenvalue weighted by atomic mass is 35.5. The van der Waals surface area contributed by atoms with Crippen molar-refractivity contribution in [3.63, 3.8) is 0 Å². The number of nitrogens with one attached hydrogen (secondary N) is 1. The third-order valence-corrected chi connectivity index (χ3v) is 5.34. The Morgan fingerprint density at radius 3 is 2.56 bits per heavy atom. The van der Waals surface area contributed by atoms with Gasteiger partial charge in [0.1, 0.15) is 0 Å². The summed E-state index contributed by atoms with van der Waals surface area (Å²) in [6.07, 6.45) is 2.06. The number of carbonyl (C=O) groups is 1. The molecule has 128 valence electrons. The molecule has 1 heterocycles. The summed E-state index contributed by atoms with van der Waals surface area (Å²) in [5, 5.41) is 12.7. The number of carbonyl (C=O) groups excluding carboxylic acids is 1. The van der Waals surface area contributed by atoms with Gasteiger partial charge in [-0.1, -0.05) is 58.7 Å². The van der Waals surface area contributed by atoms with Crippen molar-refractivity contribution in [1.29, 1.82) is 0 Å². The molecule has 1 saturated heterocycles. The quantitative estimate of drug-likeness (QED) is 0.578. The van der Waals surface area contributed by atoms with Gasteiger partial charge in [-0.15, -0.1) is 5.10 Å². The topological polar surface area (TPSA) is 53.8 Å². The first-order valence-electron chi connectivity index (χ1n) is 7.29. The van der Waals surface area contributed by atoms with Gasteiger partial charge in [0.2, 0.25) is 5.91 Å². The Labute approximate surface area is 164 Å². The number of thioether (sulfide) groups is 1. The molecule has 2 aromatic carbocycles. The molecule has 8 heteroatoms. The summed E-state index contributed by atoms with van der Waals surface area (Å²) in [6.45, 7) is 0. The van der Waals surface area contributed by atoms with Gasteiger partial charge in [0.15, 0.2) is 5.17 Å². The molecule has 1 unspecified atom stereocenters. The number of halogens is 3. The monoisotopic (exact) mass is 411 g/mol. The Morgan fingerprint density at radius 2 is 1.80 bits per heavy atom. The van der Waals surface area contributed by atoms with E-state index in [1.807, 2.05) is 12.1 Å². The fourth-order valence-corrected chi connectivity index (χ4v) is 3.65. The Kier molecular flexibility index (Phi) is 6.02. The second-order valence-corrected chi connectivity index (χ2v) is 7.71. The highest BCUT2D eigenvalue weighted by Gasteiger charge is 2.31. The van der Waals surface area contributed by atoms with Crippen LogP contribution in [-0.2, 0) is 11.2 Å². The van der Waals surface area contributed by atoms with Crippen molar-refractivity contribution in [1.82, 2.24) is 5.32 Å². The zero-order valence-electron chi connectivity index (χ0n) is 12.7. The third kappa shape index (κ3) is 4.98. The summed E-state index contributed by atoms with van der Waals surface area (Å²) in [7, 11) is 0. The Bertz CT molecular complexity index is 853. The van der Waals surface area contributed by atoms with Crippen LogP contribution in [0.15, 0.2) is 52.7 Å². The van der Waals surface area contributed by atoms with Crippen LogP contribution >= 0.6 is 46.6 Å². The van der Waals surface area contributed by atoms with E-state index in [-0.39, 0.29) is 11.2 Å². The molecule has 0 saturated carbocycles. The van der Waals surface area contributed by atoms with Gasteiger partial charge in [-0.05, 0) is 47.9 Å². The van der Waals surface area contributed by atoms with Crippen molar-refractivity contribution in [2.75, 3.05) is 0 Å². The van der Waals surface area contributed by atoms with Gasteiger partial charge in [0.05, 0.1) is 11.5 Å². The molecule has 0 bridgehead atoms. The van der Waals surface area contributed by atoms with Gasteiger partial charge in [0, 0.05) is 15.1 Å². The molecule has 1 N–H and O–H groups in total. The third-order valence-electron chi connectivity index (χ3n) is 3.41. The Hall–Kier alpha value is -1.53. The van der Waals surface area contributed by atoms with Gasteiger partial charge < -0.3 is 5.32 Å². The largest absolute Gasteiger partial charge is 0.303 e. The van der Waals surface area contributed by atoms with Gasteiger partial charge in [-0.3, -0.25) is 4.79 Å². The number of benzene rings is 2. The minimum atomic E-state index is -0.319. The predicted octanol–water partition coefficient (Wildman–Crippen LogP) is 4.81. The van der Waals surface area contributed by atoms with E-state index in [1.165, 1.54) is 11.8 Å². The highest BCUT2D eigenvalue weighted by Crippen LogP contribution is 2.28. The molecule has 1 amide bonds. The molecule has 2 aromatic rings. The van der Waals surface area contributed by atoms with Crippen molar-refractivity contribution in [2.24, 2.45) is 10.2 Å². The molecule has 3 rings (SSSR count). The predicted molar refractivity (Wildman–Crippen MR) is 106 cm³/mol. The second kappa shape index (κ2) is 8.23. The Morgan fingerprint density at radius 1 is 1.08 bits per heavy atom. The number of rotatable bonds is 4. The van der Waals surface area contributed by atoms with Crippen LogP contribution in [0.25, 0.3) is 0 Å². The first kappa shape index (κ1) is 18.3. The van der Waals surface area contributed by atoms with Crippen LogP contribution in [0.4, 0.5) is 0 Å². The van der Waals surface area contributed by atoms with Crippen molar-refractivity contribution >= 4 is 63.9 Å². The van der Waals surface area contributed by atoms with E-state index >= 15 is 0 Å². The SMILES string of the molecule is O=C1N/C(=N/N=C/c2ccc(Cl)cc2)SC1Cc1cc(Cl)ccc1Cl. The minimum Gasteiger partial charge on any atom is -0.303 e. The van der Waals surface area contributed by atoms with Gasteiger partial charge in [-0.25, -0.2) is 0 Å². The first-order chi connectivity index (χ1) is 12.0. The van der Waals surface area contributed by atoms with Gasteiger partial charge in [0.25, 0.3) is 0 Å². The van der Waals surface area contributed by atoms with Crippen molar-refractivity contribution in [2.45, 2.75) is 11.7 Å². The van der Waals surface area contributed by atoms with E-state index in [9.17, 15) is 4.79 Å². The molecule has 0 spiro atoms. The molecular formula is C17H12Cl3N3OS. The minimum absolute atomic E-state index is 0.124. The second-order valence-electron chi connectivity index (χ2n) is 5.24. The molecule has 1 atom stereocenters. The highest BCUT2D eigenvalue weighted by molar-refractivity contribution is 8.15. The smallest absolute Gasteiger partial charge is 0.239 e. The molecule has 0 radical (unpaired) electrons. The van der Waals surface area contributed by atoms with E-state index in [0.29, 0.717) is 26.7 Å². The van der Waals surface area contributed by atoms with Crippen LogP contribution in [0.3, 0.4) is 0 Å². The average Bonchev–Trinajstić information content (AvgIpc) is 2.92. The van der Waals surface area contributed by atoms with Crippen molar-refractivity contribution in [3.8, 4) is 0 Å². The maximum absolute atomic E-state index is 12.1. The average molecular weight is 413 g/mol.